The molecule has 2 aliphatic rings. The minimum atomic E-state index is -0.593. The third-order valence-corrected chi connectivity index (χ3v) is 4.45. The van der Waals surface area contributed by atoms with Crippen molar-refractivity contribution < 1.29 is 13.6 Å². The summed E-state index contributed by atoms with van der Waals surface area (Å²) < 4.78 is 26.8. The van der Waals surface area contributed by atoms with Gasteiger partial charge in [0.25, 0.3) is 0 Å². The number of nitrogens with one attached hydrogen (secondary N) is 1. The molecule has 1 N–H and O–H groups in total. The Labute approximate surface area is 123 Å². The van der Waals surface area contributed by atoms with Gasteiger partial charge in [-0.3, -0.25) is 4.79 Å². The van der Waals surface area contributed by atoms with Crippen molar-refractivity contribution in [3.63, 3.8) is 0 Å². The minimum absolute atomic E-state index is 0.0335. The molecule has 1 amide bonds. The quantitative estimate of drug-likeness (QED) is 0.926. The molecule has 0 spiro atoms. The summed E-state index contributed by atoms with van der Waals surface area (Å²) in [6, 6.07) is 3.74. The van der Waals surface area contributed by atoms with E-state index in [4.69, 9.17) is 0 Å². The average molecular weight is 294 g/mol. The van der Waals surface area contributed by atoms with Crippen molar-refractivity contribution in [2.24, 2.45) is 0 Å². The van der Waals surface area contributed by atoms with Crippen LogP contribution in [0.2, 0.25) is 0 Å². The van der Waals surface area contributed by atoms with E-state index in [2.05, 4.69) is 5.32 Å². The van der Waals surface area contributed by atoms with E-state index in [1.807, 2.05) is 6.92 Å². The van der Waals surface area contributed by atoms with Gasteiger partial charge in [-0.1, -0.05) is 6.07 Å². The van der Waals surface area contributed by atoms with Gasteiger partial charge in [0.2, 0.25) is 5.91 Å². The summed E-state index contributed by atoms with van der Waals surface area (Å²) in [6.07, 6.45) is 3.71. The maximum atomic E-state index is 13.8. The molecule has 1 unspecified atom stereocenters. The first-order chi connectivity index (χ1) is 9.99. The second kappa shape index (κ2) is 5.37. The van der Waals surface area contributed by atoms with E-state index in [1.54, 1.807) is 4.90 Å². The van der Waals surface area contributed by atoms with E-state index in [1.165, 1.54) is 12.1 Å². The summed E-state index contributed by atoms with van der Waals surface area (Å²) in [4.78, 5) is 14.6. The summed E-state index contributed by atoms with van der Waals surface area (Å²) in [5.74, 6) is -1.14. The summed E-state index contributed by atoms with van der Waals surface area (Å²) >= 11 is 0. The molecule has 1 atom stereocenters. The van der Waals surface area contributed by atoms with Crippen molar-refractivity contribution in [2.45, 2.75) is 50.7 Å². The Morgan fingerprint density at radius 3 is 2.76 bits per heavy atom. The standard InChI is InChI=1S/C16H20F2N2O/c1-16(7-2-8-19-16)15(21)20(13-5-6-13)10-11-3-4-12(17)9-14(11)18/h3-4,9,13,19H,2,5-8,10H2,1H3. The fourth-order valence-electron chi connectivity index (χ4n) is 2.98. The molecule has 1 aliphatic heterocycles. The molecule has 1 saturated heterocycles. The molecule has 0 aromatic heterocycles. The van der Waals surface area contributed by atoms with E-state index in [0.29, 0.717) is 5.56 Å². The number of rotatable bonds is 4. The van der Waals surface area contributed by atoms with E-state index < -0.39 is 17.2 Å². The van der Waals surface area contributed by atoms with Gasteiger partial charge in [0.05, 0.1) is 5.54 Å². The van der Waals surface area contributed by atoms with Crippen LogP contribution in [-0.2, 0) is 11.3 Å². The van der Waals surface area contributed by atoms with E-state index in [-0.39, 0.29) is 18.5 Å². The maximum Gasteiger partial charge on any atom is 0.243 e. The predicted molar refractivity (Wildman–Crippen MR) is 75.6 cm³/mol. The highest BCUT2D eigenvalue weighted by Gasteiger charge is 2.43. The van der Waals surface area contributed by atoms with Gasteiger partial charge in [-0.05, 0) is 45.2 Å². The largest absolute Gasteiger partial charge is 0.334 e. The van der Waals surface area contributed by atoms with Gasteiger partial charge in [0, 0.05) is 24.2 Å². The van der Waals surface area contributed by atoms with Crippen molar-refractivity contribution in [1.82, 2.24) is 10.2 Å². The van der Waals surface area contributed by atoms with Crippen LogP contribution in [0.5, 0.6) is 0 Å². The average Bonchev–Trinajstić information content (AvgIpc) is 3.19. The van der Waals surface area contributed by atoms with Gasteiger partial charge in [-0.2, -0.15) is 0 Å². The minimum Gasteiger partial charge on any atom is -0.334 e. The molecular weight excluding hydrogens is 274 g/mol. The summed E-state index contributed by atoms with van der Waals surface area (Å²) in [6.45, 7) is 2.97. The monoisotopic (exact) mass is 294 g/mol. The fourth-order valence-corrected chi connectivity index (χ4v) is 2.98. The summed E-state index contributed by atoms with van der Waals surface area (Å²) in [5.41, 5.74) is -0.169. The number of amides is 1. The number of nitrogens with zero attached hydrogens (tertiary/aromatic N) is 1. The molecule has 1 saturated carbocycles. The van der Waals surface area contributed by atoms with Crippen LogP contribution in [0.3, 0.4) is 0 Å². The number of hydrogen-bond acceptors (Lipinski definition) is 2. The molecule has 0 radical (unpaired) electrons. The third-order valence-electron chi connectivity index (χ3n) is 4.45. The number of carbonyl (C=O) groups excluding carboxylic acids is 1. The summed E-state index contributed by atoms with van der Waals surface area (Å²) in [5, 5.41) is 3.26. The van der Waals surface area contributed by atoms with Crippen molar-refractivity contribution in [3.8, 4) is 0 Å². The zero-order chi connectivity index (χ0) is 15.0. The van der Waals surface area contributed by atoms with Crippen LogP contribution in [-0.4, -0.2) is 28.9 Å². The molecule has 0 bridgehead atoms. The van der Waals surface area contributed by atoms with Gasteiger partial charge < -0.3 is 10.2 Å². The number of carbonyl (C=O) groups is 1. The smallest absolute Gasteiger partial charge is 0.243 e. The van der Waals surface area contributed by atoms with Crippen LogP contribution in [0.25, 0.3) is 0 Å². The summed E-state index contributed by atoms with van der Waals surface area (Å²) in [7, 11) is 0. The first kappa shape index (κ1) is 14.4. The molecule has 3 nitrogen and oxygen atoms in total. The normalized spacial score (nSPS) is 25.1. The fraction of sp³-hybridized carbons (Fsp3) is 0.562. The van der Waals surface area contributed by atoms with Crippen LogP contribution in [0.4, 0.5) is 8.78 Å². The Bertz CT molecular complexity index is 551. The SMILES string of the molecule is CC1(C(=O)N(Cc2ccc(F)cc2F)C2CC2)CCCN1. The number of halogens is 2. The maximum absolute atomic E-state index is 13.8. The van der Waals surface area contributed by atoms with Crippen molar-refractivity contribution >= 4 is 5.91 Å². The van der Waals surface area contributed by atoms with Crippen LogP contribution < -0.4 is 5.32 Å². The lowest BCUT2D eigenvalue weighted by Crippen LogP contribution is -2.53. The molecule has 1 heterocycles. The first-order valence-electron chi connectivity index (χ1n) is 7.50. The molecule has 1 aromatic carbocycles. The Kier molecular flexibility index (Phi) is 3.69. The predicted octanol–water partition coefficient (Wildman–Crippen LogP) is 2.60. The van der Waals surface area contributed by atoms with Crippen LogP contribution >= 0.6 is 0 Å². The highest BCUT2D eigenvalue weighted by molar-refractivity contribution is 5.86. The van der Waals surface area contributed by atoms with Gasteiger partial charge in [-0.15, -0.1) is 0 Å². The topological polar surface area (TPSA) is 32.3 Å². The lowest BCUT2D eigenvalue weighted by Gasteiger charge is -2.32. The van der Waals surface area contributed by atoms with Gasteiger partial charge in [0.1, 0.15) is 11.6 Å². The Balaban J connectivity index is 1.80. The molecule has 21 heavy (non-hydrogen) atoms. The van der Waals surface area contributed by atoms with Crippen molar-refractivity contribution in [2.75, 3.05) is 6.54 Å². The number of hydrogen-bond donors (Lipinski definition) is 1. The van der Waals surface area contributed by atoms with E-state index in [0.717, 1.165) is 38.3 Å². The lowest BCUT2D eigenvalue weighted by molar-refractivity contribution is -0.138. The number of benzene rings is 1. The third kappa shape index (κ3) is 2.93. The van der Waals surface area contributed by atoms with Gasteiger partial charge >= 0.3 is 0 Å². The molecule has 1 aromatic rings. The Hall–Kier alpha value is -1.49. The molecule has 114 valence electrons. The second-order valence-electron chi connectivity index (χ2n) is 6.26. The first-order valence-corrected chi connectivity index (χ1v) is 7.50. The molecule has 1 aliphatic carbocycles. The molecule has 3 rings (SSSR count). The van der Waals surface area contributed by atoms with Gasteiger partial charge in [-0.25, -0.2) is 8.78 Å². The van der Waals surface area contributed by atoms with Crippen molar-refractivity contribution in [3.05, 3.63) is 35.4 Å². The van der Waals surface area contributed by atoms with Crippen LogP contribution in [0, 0.1) is 11.6 Å². The van der Waals surface area contributed by atoms with E-state index >= 15 is 0 Å². The van der Waals surface area contributed by atoms with Crippen molar-refractivity contribution in [1.29, 1.82) is 0 Å². The highest BCUT2D eigenvalue weighted by atomic mass is 19.1. The van der Waals surface area contributed by atoms with E-state index in [9.17, 15) is 13.6 Å². The Morgan fingerprint density at radius 1 is 1.43 bits per heavy atom. The molecule has 2 fully saturated rings. The van der Waals surface area contributed by atoms with Crippen LogP contribution in [0.15, 0.2) is 18.2 Å². The Morgan fingerprint density at radius 2 is 2.19 bits per heavy atom. The lowest BCUT2D eigenvalue weighted by atomic mass is 9.98. The highest BCUT2D eigenvalue weighted by Crippen LogP contribution is 2.33. The van der Waals surface area contributed by atoms with Gasteiger partial charge in [0.15, 0.2) is 0 Å². The second-order valence-corrected chi connectivity index (χ2v) is 6.26. The molecule has 5 heteroatoms. The zero-order valence-electron chi connectivity index (χ0n) is 12.2. The molecular formula is C16H20F2N2O. The van der Waals surface area contributed by atoms with Crippen LogP contribution in [0.1, 0.15) is 38.2 Å². The zero-order valence-corrected chi connectivity index (χ0v) is 12.2.